The third-order valence-electron chi connectivity index (χ3n) is 6.45. The Labute approximate surface area is 146 Å². The standard InChI is InChI=1S/C19H25BrN2O/c1-12(21-18(23)22-17-4-2-16(20)3-5-17)19-9-13-6-14(10-19)8-15(7-13)11-19/h2-5,12-15H,6-11H2,1H3,(H2,21,22,23). The molecule has 0 aromatic heterocycles. The van der Waals surface area contributed by atoms with E-state index in [2.05, 4.69) is 33.5 Å². The summed E-state index contributed by atoms with van der Waals surface area (Å²) in [5, 5.41) is 6.20. The SMILES string of the molecule is CC(NC(=O)Nc1ccc(Br)cc1)C12CC3CC(CC(C3)C1)C2. The van der Waals surface area contributed by atoms with Crippen LogP contribution in [0.3, 0.4) is 0 Å². The zero-order chi connectivity index (χ0) is 16.0. The Morgan fingerprint density at radius 3 is 2.13 bits per heavy atom. The number of benzene rings is 1. The Bertz CT molecular complexity index is 563. The zero-order valence-electron chi connectivity index (χ0n) is 13.6. The Morgan fingerprint density at radius 2 is 1.61 bits per heavy atom. The van der Waals surface area contributed by atoms with Crippen LogP contribution in [0.25, 0.3) is 0 Å². The summed E-state index contributed by atoms with van der Waals surface area (Å²) in [5.74, 6) is 2.75. The van der Waals surface area contributed by atoms with E-state index in [1.807, 2.05) is 24.3 Å². The van der Waals surface area contributed by atoms with Gasteiger partial charge in [0.1, 0.15) is 0 Å². The number of anilines is 1. The molecule has 4 heteroatoms. The number of halogens is 1. The van der Waals surface area contributed by atoms with E-state index in [0.29, 0.717) is 5.41 Å². The average molecular weight is 377 g/mol. The second kappa shape index (κ2) is 5.80. The van der Waals surface area contributed by atoms with Crippen molar-refractivity contribution in [1.82, 2.24) is 5.32 Å². The molecule has 2 N–H and O–H groups in total. The minimum absolute atomic E-state index is 0.0735. The highest BCUT2D eigenvalue weighted by molar-refractivity contribution is 9.10. The van der Waals surface area contributed by atoms with Crippen LogP contribution in [0, 0.1) is 23.2 Å². The highest BCUT2D eigenvalue weighted by Crippen LogP contribution is 2.61. The molecule has 5 rings (SSSR count). The lowest BCUT2D eigenvalue weighted by Gasteiger charge is -2.59. The van der Waals surface area contributed by atoms with Gasteiger partial charge in [-0.05, 0) is 92.9 Å². The largest absolute Gasteiger partial charge is 0.335 e. The third-order valence-corrected chi connectivity index (χ3v) is 6.98. The smallest absolute Gasteiger partial charge is 0.319 e. The molecular weight excluding hydrogens is 352 g/mol. The van der Waals surface area contributed by atoms with Gasteiger partial charge >= 0.3 is 6.03 Å². The van der Waals surface area contributed by atoms with Gasteiger partial charge in [-0.1, -0.05) is 15.9 Å². The number of hydrogen-bond acceptors (Lipinski definition) is 1. The Morgan fingerprint density at radius 1 is 1.09 bits per heavy atom. The van der Waals surface area contributed by atoms with Crippen LogP contribution < -0.4 is 10.6 Å². The van der Waals surface area contributed by atoms with Crippen molar-refractivity contribution in [3.8, 4) is 0 Å². The number of amides is 2. The van der Waals surface area contributed by atoms with Crippen LogP contribution in [0.1, 0.15) is 45.4 Å². The van der Waals surface area contributed by atoms with Crippen LogP contribution in [-0.2, 0) is 0 Å². The summed E-state index contributed by atoms with van der Waals surface area (Å²) in [7, 11) is 0. The molecule has 2 amide bonds. The van der Waals surface area contributed by atoms with E-state index in [9.17, 15) is 4.79 Å². The van der Waals surface area contributed by atoms with E-state index < -0.39 is 0 Å². The number of urea groups is 1. The lowest BCUT2D eigenvalue weighted by atomic mass is 9.48. The minimum atomic E-state index is -0.0735. The van der Waals surface area contributed by atoms with Gasteiger partial charge in [0, 0.05) is 16.2 Å². The Kier molecular flexibility index (Phi) is 3.91. The molecule has 0 aliphatic heterocycles. The fourth-order valence-corrected chi connectivity index (χ4v) is 6.02. The molecule has 4 bridgehead atoms. The normalized spacial score (nSPS) is 35.8. The molecule has 1 atom stereocenters. The molecule has 4 aliphatic rings. The van der Waals surface area contributed by atoms with E-state index in [4.69, 9.17) is 0 Å². The van der Waals surface area contributed by atoms with Crippen LogP contribution in [0.4, 0.5) is 10.5 Å². The summed E-state index contributed by atoms with van der Waals surface area (Å²) < 4.78 is 1.02. The van der Waals surface area contributed by atoms with Gasteiger partial charge in [0.15, 0.2) is 0 Å². The van der Waals surface area contributed by atoms with Crippen LogP contribution >= 0.6 is 15.9 Å². The second-order valence-electron chi connectivity index (χ2n) is 8.11. The van der Waals surface area contributed by atoms with E-state index in [1.165, 1.54) is 38.5 Å². The van der Waals surface area contributed by atoms with Gasteiger partial charge in [-0.3, -0.25) is 0 Å². The van der Waals surface area contributed by atoms with Gasteiger partial charge in [0.2, 0.25) is 0 Å². The van der Waals surface area contributed by atoms with Gasteiger partial charge < -0.3 is 10.6 Å². The summed E-state index contributed by atoms with van der Waals surface area (Å²) >= 11 is 3.41. The quantitative estimate of drug-likeness (QED) is 0.749. The predicted octanol–water partition coefficient (Wildman–Crippen LogP) is 5.18. The number of hydrogen-bond donors (Lipinski definition) is 2. The van der Waals surface area contributed by atoms with Crippen LogP contribution in [0.2, 0.25) is 0 Å². The van der Waals surface area contributed by atoms with Crippen molar-refractivity contribution < 1.29 is 4.79 Å². The molecule has 124 valence electrons. The van der Waals surface area contributed by atoms with E-state index in [0.717, 1.165) is 27.9 Å². The summed E-state index contributed by atoms with van der Waals surface area (Å²) in [6, 6.07) is 7.90. The van der Waals surface area contributed by atoms with Gasteiger partial charge in [0.05, 0.1) is 0 Å². The van der Waals surface area contributed by atoms with Crippen molar-refractivity contribution in [2.75, 3.05) is 5.32 Å². The van der Waals surface area contributed by atoms with Crippen LogP contribution in [0.15, 0.2) is 28.7 Å². The van der Waals surface area contributed by atoms with Crippen molar-refractivity contribution in [2.45, 2.75) is 51.5 Å². The highest BCUT2D eigenvalue weighted by atomic mass is 79.9. The van der Waals surface area contributed by atoms with E-state index in [1.54, 1.807) is 0 Å². The molecule has 0 saturated heterocycles. The zero-order valence-corrected chi connectivity index (χ0v) is 15.2. The molecule has 3 nitrogen and oxygen atoms in total. The maximum Gasteiger partial charge on any atom is 0.319 e. The fourth-order valence-electron chi connectivity index (χ4n) is 5.76. The maximum absolute atomic E-state index is 12.4. The highest BCUT2D eigenvalue weighted by Gasteiger charge is 2.53. The summed E-state index contributed by atoms with van der Waals surface area (Å²) in [5.41, 5.74) is 1.19. The maximum atomic E-state index is 12.4. The van der Waals surface area contributed by atoms with Crippen LogP contribution in [0.5, 0.6) is 0 Å². The topological polar surface area (TPSA) is 41.1 Å². The van der Waals surface area contributed by atoms with Gasteiger partial charge in [0.25, 0.3) is 0 Å². The molecule has 0 radical (unpaired) electrons. The van der Waals surface area contributed by atoms with Crippen LogP contribution in [-0.4, -0.2) is 12.1 Å². The Balaban J connectivity index is 1.40. The van der Waals surface area contributed by atoms with E-state index in [-0.39, 0.29) is 12.1 Å². The molecular formula is C19H25BrN2O. The van der Waals surface area contributed by atoms with Crippen molar-refractivity contribution >= 4 is 27.6 Å². The lowest BCUT2D eigenvalue weighted by molar-refractivity contribution is -0.0679. The minimum Gasteiger partial charge on any atom is -0.335 e. The number of rotatable bonds is 3. The van der Waals surface area contributed by atoms with Crippen molar-refractivity contribution in [3.63, 3.8) is 0 Å². The molecule has 4 saturated carbocycles. The van der Waals surface area contributed by atoms with Crippen molar-refractivity contribution in [1.29, 1.82) is 0 Å². The summed E-state index contributed by atoms with van der Waals surface area (Å²) in [4.78, 5) is 12.4. The molecule has 1 aromatic carbocycles. The average Bonchev–Trinajstić information content (AvgIpc) is 2.48. The molecule has 1 aromatic rings. The second-order valence-corrected chi connectivity index (χ2v) is 9.02. The lowest BCUT2D eigenvalue weighted by Crippen LogP contribution is -2.56. The molecule has 4 aliphatic carbocycles. The fraction of sp³-hybridized carbons (Fsp3) is 0.632. The summed E-state index contributed by atoms with van der Waals surface area (Å²) in [6.07, 6.45) is 8.28. The monoisotopic (exact) mass is 376 g/mol. The van der Waals surface area contributed by atoms with Gasteiger partial charge in [-0.25, -0.2) is 4.79 Å². The molecule has 0 heterocycles. The number of carbonyl (C=O) groups excluding carboxylic acids is 1. The first-order valence-electron chi connectivity index (χ1n) is 8.85. The van der Waals surface area contributed by atoms with Gasteiger partial charge in [-0.15, -0.1) is 0 Å². The molecule has 1 unspecified atom stereocenters. The van der Waals surface area contributed by atoms with Crippen molar-refractivity contribution in [3.05, 3.63) is 28.7 Å². The predicted molar refractivity (Wildman–Crippen MR) is 96.4 cm³/mol. The first-order chi connectivity index (χ1) is 11.0. The third kappa shape index (κ3) is 3.02. The van der Waals surface area contributed by atoms with Gasteiger partial charge in [-0.2, -0.15) is 0 Å². The first-order valence-corrected chi connectivity index (χ1v) is 9.65. The van der Waals surface area contributed by atoms with Crippen molar-refractivity contribution in [2.24, 2.45) is 23.2 Å². The molecule has 4 fully saturated rings. The Hall–Kier alpha value is -1.03. The number of carbonyl (C=O) groups is 1. The number of nitrogens with one attached hydrogen (secondary N) is 2. The summed E-state index contributed by atoms with van der Waals surface area (Å²) in [6.45, 7) is 2.22. The first kappa shape index (κ1) is 15.5. The van der Waals surface area contributed by atoms with E-state index >= 15 is 0 Å². The molecule has 23 heavy (non-hydrogen) atoms. The molecule has 0 spiro atoms.